The molecule has 0 bridgehead atoms. The molecule has 0 radical (unpaired) electrons. The molecule has 1 aromatic rings. The highest BCUT2D eigenvalue weighted by molar-refractivity contribution is 4.77. The first-order valence-corrected chi connectivity index (χ1v) is 4.05. The smallest absolute Gasteiger partial charge is 0.0533 e. The molecule has 11 heavy (non-hydrogen) atoms. The Hall–Kier alpha value is -0.830. The molecule has 0 saturated heterocycles. The van der Waals surface area contributed by atoms with E-state index in [2.05, 4.69) is 10.4 Å². The van der Waals surface area contributed by atoms with Crippen LogP contribution in [0.5, 0.6) is 0 Å². The van der Waals surface area contributed by atoms with E-state index in [9.17, 15) is 0 Å². The van der Waals surface area contributed by atoms with E-state index in [4.69, 9.17) is 0 Å². The molecule has 1 aromatic heterocycles. The lowest BCUT2D eigenvalue weighted by Gasteiger charge is -1.97. The van der Waals surface area contributed by atoms with Gasteiger partial charge < -0.3 is 5.32 Å². The van der Waals surface area contributed by atoms with Gasteiger partial charge in [0.15, 0.2) is 0 Å². The van der Waals surface area contributed by atoms with E-state index in [0.717, 1.165) is 13.1 Å². The van der Waals surface area contributed by atoms with Crippen LogP contribution in [0.25, 0.3) is 0 Å². The summed E-state index contributed by atoms with van der Waals surface area (Å²) in [6.07, 6.45) is 3.74. The predicted molar refractivity (Wildman–Crippen MR) is 47.5 cm³/mol. The average Bonchev–Trinajstić information content (AvgIpc) is 2.57. The van der Waals surface area contributed by atoms with Gasteiger partial charge in [-0.1, -0.05) is 13.8 Å². The van der Waals surface area contributed by atoms with Gasteiger partial charge in [0, 0.05) is 18.9 Å². The van der Waals surface area contributed by atoms with Crippen LogP contribution in [0.4, 0.5) is 0 Å². The molecule has 0 spiro atoms. The Morgan fingerprint density at radius 1 is 1.45 bits per heavy atom. The third-order valence-corrected chi connectivity index (χ3v) is 1.15. The van der Waals surface area contributed by atoms with Gasteiger partial charge in [-0.2, -0.15) is 5.10 Å². The molecule has 0 saturated carbocycles. The summed E-state index contributed by atoms with van der Waals surface area (Å²) in [4.78, 5) is 0. The summed E-state index contributed by atoms with van der Waals surface area (Å²) in [5.41, 5.74) is 0. The molecule has 0 aliphatic carbocycles. The lowest BCUT2D eigenvalue weighted by atomic mass is 10.6. The summed E-state index contributed by atoms with van der Waals surface area (Å²) in [5.74, 6) is 0. The van der Waals surface area contributed by atoms with E-state index in [0.29, 0.717) is 0 Å². The van der Waals surface area contributed by atoms with Gasteiger partial charge >= 0.3 is 0 Å². The minimum absolute atomic E-state index is 0.948. The second-order valence-electron chi connectivity index (χ2n) is 1.87. The highest BCUT2D eigenvalue weighted by Gasteiger charge is 1.84. The zero-order valence-electron chi connectivity index (χ0n) is 7.54. The molecule has 1 N–H and O–H groups in total. The number of aromatic nitrogens is 2. The highest BCUT2D eigenvalue weighted by atomic mass is 15.3. The first-order chi connectivity index (χ1) is 5.43. The van der Waals surface area contributed by atoms with E-state index in [1.165, 1.54) is 0 Å². The summed E-state index contributed by atoms with van der Waals surface area (Å²) >= 11 is 0. The minimum atomic E-state index is 0.948. The van der Waals surface area contributed by atoms with Gasteiger partial charge in [0.25, 0.3) is 0 Å². The summed E-state index contributed by atoms with van der Waals surface area (Å²) in [6, 6.07) is 1.93. The summed E-state index contributed by atoms with van der Waals surface area (Å²) < 4.78 is 1.90. The zero-order valence-corrected chi connectivity index (χ0v) is 7.54. The maximum absolute atomic E-state index is 4.03. The number of rotatable bonds is 3. The van der Waals surface area contributed by atoms with Crippen molar-refractivity contribution < 1.29 is 0 Å². The van der Waals surface area contributed by atoms with Gasteiger partial charge in [-0.15, -0.1) is 0 Å². The highest BCUT2D eigenvalue weighted by Crippen LogP contribution is 1.80. The first kappa shape index (κ1) is 10.2. The monoisotopic (exact) mass is 155 g/mol. The third kappa shape index (κ3) is 4.56. The van der Waals surface area contributed by atoms with Crippen molar-refractivity contribution in [1.82, 2.24) is 15.1 Å². The zero-order chi connectivity index (χ0) is 8.53. The van der Waals surface area contributed by atoms with E-state index < -0.39 is 0 Å². The van der Waals surface area contributed by atoms with Gasteiger partial charge in [-0.3, -0.25) is 4.68 Å². The fraction of sp³-hybridized carbons (Fsp3) is 0.625. The van der Waals surface area contributed by atoms with Gasteiger partial charge in [0.05, 0.1) is 6.54 Å². The van der Waals surface area contributed by atoms with Crippen LogP contribution in [-0.2, 0) is 6.54 Å². The largest absolute Gasteiger partial charge is 0.318 e. The number of hydrogen-bond acceptors (Lipinski definition) is 2. The van der Waals surface area contributed by atoms with E-state index in [1.807, 2.05) is 37.8 Å². The SMILES string of the molecule is CC.CNCCn1cccn1. The van der Waals surface area contributed by atoms with Crippen LogP contribution in [0.3, 0.4) is 0 Å². The molecular formula is C8H17N3. The summed E-state index contributed by atoms with van der Waals surface area (Å²) in [7, 11) is 1.93. The van der Waals surface area contributed by atoms with Crippen molar-refractivity contribution in [2.75, 3.05) is 13.6 Å². The minimum Gasteiger partial charge on any atom is -0.318 e. The Kier molecular flexibility index (Phi) is 6.73. The number of nitrogens with zero attached hydrogens (tertiary/aromatic N) is 2. The second kappa shape index (κ2) is 7.28. The molecule has 0 amide bonds. The number of hydrogen-bond donors (Lipinski definition) is 1. The standard InChI is InChI=1S/C6H11N3.C2H6/c1-7-4-6-9-5-2-3-8-9;1-2/h2-3,5,7H,4,6H2,1H3;1-2H3. The molecule has 64 valence electrons. The van der Waals surface area contributed by atoms with Gasteiger partial charge in [0.1, 0.15) is 0 Å². The fourth-order valence-corrected chi connectivity index (χ4v) is 0.659. The van der Waals surface area contributed by atoms with Gasteiger partial charge in [-0.05, 0) is 13.1 Å². The van der Waals surface area contributed by atoms with Crippen LogP contribution < -0.4 is 5.32 Å². The Balaban J connectivity index is 0.000000461. The lowest BCUT2D eigenvalue weighted by molar-refractivity contribution is 0.585. The Morgan fingerprint density at radius 3 is 2.64 bits per heavy atom. The molecule has 0 aliphatic rings. The molecule has 1 rings (SSSR count). The molecule has 0 aliphatic heterocycles. The van der Waals surface area contributed by atoms with Crippen molar-refractivity contribution in [3.8, 4) is 0 Å². The average molecular weight is 155 g/mol. The molecule has 0 aromatic carbocycles. The van der Waals surface area contributed by atoms with Crippen molar-refractivity contribution in [1.29, 1.82) is 0 Å². The van der Waals surface area contributed by atoms with Crippen LogP contribution in [0.2, 0.25) is 0 Å². The molecule has 1 heterocycles. The van der Waals surface area contributed by atoms with E-state index in [-0.39, 0.29) is 0 Å². The van der Waals surface area contributed by atoms with E-state index in [1.54, 1.807) is 6.20 Å². The second-order valence-corrected chi connectivity index (χ2v) is 1.87. The maximum atomic E-state index is 4.03. The van der Waals surface area contributed by atoms with Crippen molar-refractivity contribution in [3.63, 3.8) is 0 Å². The van der Waals surface area contributed by atoms with Gasteiger partial charge in [-0.25, -0.2) is 0 Å². The Labute approximate surface area is 68.4 Å². The van der Waals surface area contributed by atoms with Crippen LogP contribution in [0, 0.1) is 0 Å². The van der Waals surface area contributed by atoms with Crippen LogP contribution in [0.1, 0.15) is 13.8 Å². The topological polar surface area (TPSA) is 29.9 Å². The van der Waals surface area contributed by atoms with Crippen molar-refractivity contribution in [3.05, 3.63) is 18.5 Å². The normalized spacial score (nSPS) is 8.64. The maximum Gasteiger partial charge on any atom is 0.0533 e. The molecule has 3 nitrogen and oxygen atoms in total. The third-order valence-electron chi connectivity index (χ3n) is 1.15. The van der Waals surface area contributed by atoms with Gasteiger partial charge in [0.2, 0.25) is 0 Å². The fourth-order valence-electron chi connectivity index (χ4n) is 0.659. The quantitative estimate of drug-likeness (QED) is 0.709. The lowest BCUT2D eigenvalue weighted by Crippen LogP contribution is -2.14. The van der Waals surface area contributed by atoms with Crippen LogP contribution >= 0.6 is 0 Å². The molecule has 3 heteroatoms. The molecule has 0 unspecified atom stereocenters. The summed E-state index contributed by atoms with van der Waals surface area (Å²) in [6.45, 7) is 5.92. The number of nitrogens with one attached hydrogen (secondary N) is 1. The van der Waals surface area contributed by atoms with E-state index >= 15 is 0 Å². The Morgan fingerprint density at radius 2 is 2.18 bits per heavy atom. The number of likely N-dealkylation sites (N-methyl/N-ethyl adjacent to an activating group) is 1. The van der Waals surface area contributed by atoms with Crippen molar-refractivity contribution >= 4 is 0 Å². The predicted octanol–water partition coefficient (Wildman–Crippen LogP) is 1.13. The Bertz CT molecular complexity index is 146. The summed E-state index contributed by atoms with van der Waals surface area (Å²) in [5, 5.41) is 7.08. The van der Waals surface area contributed by atoms with Crippen molar-refractivity contribution in [2.24, 2.45) is 0 Å². The van der Waals surface area contributed by atoms with Crippen LogP contribution in [-0.4, -0.2) is 23.4 Å². The van der Waals surface area contributed by atoms with Crippen molar-refractivity contribution in [2.45, 2.75) is 20.4 Å². The first-order valence-electron chi connectivity index (χ1n) is 4.05. The molecular weight excluding hydrogens is 138 g/mol. The molecule has 0 atom stereocenters. The molecule has 0 fully saturated rings. The van der Waals surface area contributed by atoms with Crippen LogP contribution in [0.15, 0.2) is 18.5 Å².